The van der Waals surface area contributed by atoms with Gasteiger partial charge in [0, 0.05) is 19.2 Å². The second kappa shape index (κ2) is 5.25. The van der Waals surface area contributed by atoms with E-state index in [0.717, 1.165) is 18.0 Å². The van der Waals surface area contributed by atoms with Crippen LogP contribution in [0.15, 0.2) is 18.3 Å². The van der Waals surface area contributed by atoms with Crippen molar-refractivity contribution in [2.24, 2.45) is 7.05 Å². The van der Waals surface area contributed by atoms with Crippen LogP contribution in [0.2, 0.25) is 5.15 Å². The predicted molar refractivity (Wildman–Crippen MR) is 71.8 cm³/mol. The maximum absolute atomic E-state index is 12.1. The number of carbonyl (C=O) groups excluding carboxylic acids is 1. The van der Waals surface area contributed by atoms with Gasteiger partial charge in [-0.15, -0.1) is 0 Å². The summed E-state index contributed by atoms with van der Waals surface area (Å²) in [5.41, 5.74) is 0.353. The lowest BCUT2D eigenvalue weighted by Gasteiger charge is -2.06. The fourth-order valence-electron chi connectivity index (χ4n) is 1.61. The zero-order valence-corrected chi connectivity index (χ0v) is 11.4. The van der Waals surface area contributed by atoms with E-state index >= 15 is 0 Å². The molecular weight excluding hydrogens is 286 g/mol. The molecule has 0 aliphatic heterocycles. The van der Waals surface area contributed by atoms with Gasteiger partial charge >= 0.3 is 0 Å². The van der Waals surface area contributed by atoms with Gasteiger partial charge in [-0.05, 0) is 6.92 Å². The molecule has 1 N–H and O–H groups in total. The average molecular weight is 296 g/mol. The topological polar surface area (TPSA) is 103 Å². The zero-order chi connectivity index (χ0) is 14.9. The zero-order valence-electron chi connectivity index (χ0n) is 10.6. The van der Waals surface area contributed by atoms with E-state index in [2.05, 4.69) is 15.4 Å². The van der Waals surface area contributed by atoms with E-state index in [0.29, 0.717) is 5.82 Å². The first-order valence-electron chi connectivity index (χ1n) is 5.50. The molecule has 0 aliphatic rings. The first-order chi connectivity index (χ1) is 9.38. The summed E-state index contributed by atoms with van der Waals surface area (Å²) in [6.07, 6.45) is 0.993. The smallest absolute Gasteiger partial charge is 0.288 e. The number of hydrogen-bond donors (Lipinski definition) is 1. The molecule has 2 rings (SSSR count). The molecule has 0 aliphatic carbocycles. The van der Waals surface area contributed by atoms with Crippen LogP contribution in [0.5, 0.6) is 0 Å². The molecule has 2 aromatic rings. The molecule has 2 aromatic heterocycles. The third kappa shape index (κ3) is 2.75. The fourth-order valence-corrected chi connectivity index (χ4v) is 1.80. The number of anilines is 1. The number of nitrogens with one attached hydrogen (secondary N) is 1. The van der Waals surface area contributed by atoms with E-state index in [4.69, 9.17) is 11.6 Å². The summed E-state index contributed by atoms with van der Waals surface area (Å²) < 4.78 is 1.48. The Bertz CT molecular complexity index is 697. The van der Waals surface area contributed by atoms with Gasteiger partial charge in [0.05, 0.1) is 16.2 Å². The van der Waals surface area contributed by atoms with Gasteiger partial charge < -0.3 is 5.32 Å². The third-order valence-electron chi connectivity index (χ3n) is 2.52. The van der Waals surface area contributed by atoms with Crippen molar-refractivity contribution in [2.45, 2.75) is 6.92 Å². The number of nitrogens with zero attached hydrogens (tertiary/aromatic N) is 4. The van der Waals surface area contributed by atoms with Gasteiger partial charge in [0.15, 0.2) is 0 Å². The number of pyridine rings is 1. The van der Waals surface area contributed by atoms with Crippen molar-refractivity contribution < 1.29 is 9.72 Å². The predicted octanol–water partition coefficient (Wildman–Crippen LogP) is 1.94. The Labute approximate surface area is 118 Å². The Hall–Kier alpha value is -2.48. The van der Waals surface area contributed by atoms with Gasteiger partial charge in [0.2, 0.25) is 0 Å². The van der Waals surface area contributed by atoms with Crippen LogP contribution >= 0.6 is 11.6 Å². The van der Waals surface area contributed by atoms with Gasteiger partial charge in [0.1, 0.15) is 17.2 Å². The summed E-state index contributed by atoms with van der Waals surface area (Å²) in [5, 5.41) is 17.2. The van der Waals surface area contributed by atoms with E-state index in [1.54, 1.807) is 20.0 Å². The summed E-state index contributed by atoms with van der Waals surface area (Å²) in [5.74, 6) is -0.135. The summed E-state index contributed by atoms with van der Waals surface area (Å²) in [7, 11) is 1.66. The standard InChI is InChI=1S/C11H10ClN5O3/c1-6-3-9(16(2)15-6)14-11(18)8-4-7(17(19)20)5-13-10(8)12/h3-5H,1-2H3,(H,14,18). The maximum atomic E-state index is 12.1. The second-order valence-electron chi connectivity index (χ2n) is 4.04. The van der Waals surface area contributed by atoms with E-state index in [-0.39, 0.29) is 16.4 Å². The number of hydrogen-bond acceptors (Lipinski definition) is 5. The number of aromatic nitrogens is 3. The molecular formula is C11H10ClN5O3. The molecule has 0 aromatic carbocycles. The molecule has 20 heavy (non-hydrogen) atoms. The minimum atomic E-state index is -0.645. The Kier molecular flexibility index (Phi) is 3.66. The molecule has 0 spiro atoms. The number of amides is 1. The Balaban J connectivity index is 2.31. The quantitative estimate of drug-likeness (QED) is 0.529. The van der Waals surface area contributed by atoms with Gasteiger partial charge in [0.25, 0.3) is 11.6 Å². The molecule has 0 bridgehead atoms. The van der Waals surface area contributed by atoms with Gasteiger partial charge in [-0.25, -0.2) is 4.98 Å². The van der Waals surface area contributed by atoms with Gasteiger partial charge in [-0.3, -0.25) is 19.6 Å². The van der Waals surface area contributed by atoms with E-state index in [1.807, 2.05) is 0 Å². The van der Waals surface area contributed by atoms with Crippen molar-refractivity contribution >= 4 is 29.0 Å². The SMILES string of the molecule is Cc1cc(NC(=O)c2cc([N+](=O)[O-])cnc2Cl)n(C)n1. The van der Waals surface area contributed by atoms with Crippen molar-refractivity contribution in [3.05, 3.63) is 44.9 Å². The molecule has 104 valence electrons. The first-order valence-corrected chi connectivity index (χ1v) is 5.88. The first kappa shape index (κ1) is 13.9. The molecule has 8 nitrogen and oxygen atoms in total. The molecule has 0 unspecified atom stereocenters. The van der Waals surface area contributed by atoms with Crippen molar-refractivity contribution in [1.29, 1.82) is 0 Å². The van der Waals surface area contributed by atoms with Crippen LogP contribution in [-0.2, 0) is 7.05 Å². The highest BCUT2D eigenvalue weighted by atomic mass is 35.5. The van der Waals surface area contributed by atoms with Crippen molar-refractivity contribution in [1.82, 2.24) is 14.8 Å². The minimum absolute atomic E-state index is 0.0697. The lowest BCUT2D eigenvalue weighted by atomic mass is 10.2. The normalized spacial score (nSPS) is 10.3. The van der Waals surface area contributed by atoms with Crippen LogP contribution in [0.4, 0.5) is 11.5 Å². The van der Waals surface area contributed by atoms with E-state index < -0.39 is 10.8 Å². The molecule has 9 heteroatoms. The average Bonchev–Trinajstić information content (AvgIpc) is 2.67. The number of halogens is 1. The van der Waals surface area contributed by atoms with Crippen LogP contribution < -0.4 is 5.32 Å². The number of carbonyl (C=O) groups is 1. The third-order valence-corrected chi connectivity index (χ3v) is 2.82. The van der Waals surface area contributed by atoms with Gasteiger partial charge in [-0.2, -0.15) is 5.10 Å². The maximum Gasteiger partial charge on any atom is 0.288 e. The summed E-state index contributed by atoms with van der Waals surface area (Å²) >= 11 is 5.79. The molecule has 1 amide bonds. The summed E-state index contributed by atoms with van der Waals surface area (Å²) in [6.45, 7) is 1.78. The highest BCUT2D eigenvalue weighted by Crippen LogP contribution is 2.20. The molecule has 0 atom stereocenters. The van der Waals surface area contributed by atoms with Crippen molar-refractivity contribution in [3.8, 4) is 0 Å². The number of nitro groups is 1. The lowest BCUT2D eigenvalue weighted by molar-refractivity contribution is -0.385. The molecule has 2 heterocycles. The summed E-state index contributed by atoms with van der Waals surface area (Å²) in [4.78, 5) is 25.7. The fraction of sp³-hybridized carbons (Fsp3) is 0.182. The highest BCUT2D eigenvalue weighted by Gasteiger charge is 2.18. The van der Waals surface area contributed by atoms with E-state index in [1.165, 1.54) is 4.68 Å². The largest absolute Gasteiger partial charge is 0.307 e. The van der Waals surface area contributed by atoms with Gasteiger partial charge in [-0.1, -0.05) is 11.6 Å². The number of rotatable bonds is 3. The van der Waals surface area contributed by atoms with Crippen LogP contribution in [0.3, 0.4) is 0 Å². The lowest BCUT2D eigenvalue weighted by Crippen LogP contribution is -2.15. The molecule has 0 saturated carbocycles. The Morgan fingerprint density at radius 3 is 2.75 bits per heavy atom. The Morgan fingerprint density at radius 2 is 2.20 bits per heavy atom. The highest BCUT2D eigenvalue weighted by molar-refractivity contribution is 6.33. The number of aryl methyl sites for hydroxylation is 2. The van der Waals surface area contributed by atoms with E-state index in [9.17, 15) is 14.9 Å². The molecule has 0 fully saturated rings. The minimum Gasteiger partial charge on any atom is -0.307 e. The Morgan fingerprint density at radius 1 is 1.50 bits per heavy atom. The van der Waals surface area contributed by atoms with Crippen LogP contribution in [-0.4, -0.2) is 25.6 Å². The van der Waals surface area contributed by atoms with Crippen molar-refractivity contribution in [3.63, 3.8) is 0 Å². The molecule has 0 saturated heterocycles. The van der Waals surface area contributed by atoms with Crippen LogP contribution in [0.25, 0.3) is 0 Å². The monoisotopic (exact) mass is 295 g/mol. The summed E-state index contributed by atoms with van der Waals surface area (Å²) in [6, 6.07) is 2.74. The van der Waals surface area contributed by atoms with Crippen molar-refractivity contribution in [2.75, 3.05) is 5.32 Å². The van der Waals surface area contributed by atoms with Crippen LogP contribution in [0, 0.1) is 17.0 Å². The second-order valence-corrected chi connectivity index (χ2v) is 4.40. The molecule has 0 radical (unpaired) electrons. The van der Waals surface area contributed by atoms with Crippen LogP contribution in [0.1, 0.15) is 16.1 Å².